The molecule has 8 heteroatoms. The molecule has 36 heavy (non-hydrogen) atoms. The number of thioether (sulfide) groups is 1. The summed E-state index contributed by atoms with van der Waals surface area (Å²) < 4.78 is 14.9. The SMILES string of the molecule is O=C(CSc1nc2ccccc2c(=O)n1-c1ccc(F)cc1)Nc1ccccc1Sc1ccccc1. The number of hydrogen-bond acceptors (Lipinski definition) is 5. The van der Waals surface area contributed by atoms with Crippen LogP contribution in [0.5, 0.6) is 0 Å². The van der Waals surface area contributed by atoms with Crippen LogP contribution in [0.2, 0.25) is 0 Å². The summed E-state index contributed by atoms with van der Waals surface area (Å²) in [5, 5.41) is 3.77. The first-order chi connectivity index (χ1) is 17.6. The highest BCUT2D eigenvalue weighted by Crippen LogP contribution is 2.33. The van der Waals surface area contributed by atoms with Crippen LogP contribution in [0.3, 0.4) is 0 Å². The lowest BCUT2D eigenvalue weighted by molar-refractivity contribution is -0.113. The Morgan fingerprint density at radius 1 is 0.861 bits per heavy atom. The molecule has 1 amide bonds. The number of fused-ring (bicyclic) bond motifs is 1. The van der Waals surface area contributed by atoms with Gasteiger partial charge in [0.2, 0.25) is 5.91 Å². The van der Waals surface area contributed by atoms with Crippen LogP contribution in [0, 0.1) is 5.82 Å². The van der Waals surface area contributed by atoms with Gasteiger partial charge in [-0.3, -0.25) is 14.2 Å². The Labute approximate surface area is 215 Å². The van der Waals surface area contributed by atoms with Gasteiger partial charge in [-0.25, -0.2) is 9.37 Å². The molecule has 178 valence electrons. The molecule has 0 saturated heterocycles. The Balaban J connectivity index is 1.40. The van der Waals surface area contributed by atoms with Gasteiger partial charge >= 0.3 is 0 Å². The summed E-state index contributed by atoms with van der Waals surface area (Å²) in [6, 6.07) is 30.2. The van der Waals surface area contributed by atoms with Gasteiger partial charge in [0.25, 0.3) is 5.56 Å². The predicted molar refractivity (Wildman–Crippen MR) is 144 cm³/mol. The second-order valence-corrected chi connectivity index (χ2v) is 9.83. The van der Waals surface area contributed by atoms with Gasteiger partial charge in [0.15, 0.2) is 5.16 Å². The van der Waals surface area contributed by atoms with Crippen molar-refractivity contribution in [1.82, 2.24) is 9.55 Å². The van der Waals surface area contributed by atoms with Crippen molar-refractivity contribution in [3.63, 3.8) is 0 Å². The summed E-state index contributed by atoms with van der Waals surface area (Å²) in [7, 11) is 0. The molecule has 5 nitrogen and oxygen atoms in total. The van der Waals surface area contributed by atoms with Crippen molar-refractivity contribution in [2.24, 2.45) is 0 Å². The van der Waals surface area contributed by atoms with E-state index in [9.17, 15) is 14.0 Å². The fraction of sp³-hybridized carbons (Fsp3) is 0.0357. The molecule has 0 aliphatic carbocycles. The molecule has 0 radical (unpaired) electrons. The molecule has 0 aliphatic heterocycles. The monoisotopic (exact) mass is 513 g/mol. The molecule has 0 bridgehead atoms. The lowest BCUT2D eigenvalue weighted by Gasteiger charge is -2.14. The van der Waals surface area contributed by atoms with Gasteiger partial charge in [-0.1, -0.05) is 66.0 Å². The number of halogens is 1. The number of carbonyl (C=O) groups is 1. The van der Waals surface area contributed by atoms with Crippen LogP contribution >= 0.6 is 23.5 Å². The van der Waals surface area contributed by atoms with Crippen molar-refractivity contribution in [3.05, 3.63) is 119 Å². The van der Waals surface area contributed by atoms with E-state index in [0.717, 1.165) is 21.6 Å². The predicted octanol–water partition coefficient (Wildman–Crippen LogP) is 6.41. The number of rotatable bonds is 7. The van der Waals surface area contributed by atoms with E-state index in [0.29, 0.717) is 27.4 Å². The third kappa shape index (κ3) is 5.35. The summed E-state index contributed by atoms with van der Waals surface area (Å²) in [5.74, 6) is -0.591. The Kier molecular flexibility index (Phi) is 7.16. The first-order valence-corrected chi connectivity index (χ1v) is 12.9. The summed E-state index contributed by atoms with van der Waals surface area (Å²) in [4.78, 5) is 32.9. The molecule has 5 aromatic rings. The van der Waals surface area contributed by atoms with E-state index >= 15 is 0 Å². The lowest BCUT2D eigenvalue weighted by Crippen LogP contribution is -2.23. The Morgan fingerprint density at radius 2 is 1.56 bits per heavy atom. The van der Waals surface area contributed by atoms with Crippen LogP contribution in [0.15, 0.2) is 123 Å². The van der Waals surface area contributed by atoms with Crippen molar-refractivity contribution >= 4 is 46.0 Å². The number of benzene rings is 4. The molecular formula is C28H20FN3O2S2. The zero-order valence-corrected chi connectivity index (χ0v) is 20.6. The van der Waals surface area contributed by atoms with E-state index in [-0.39, 0.29) is 17.2 Å². The fourth-order valence-electron chi connectivity index (χ4n) is 3.62. The molecule has 1 heterocycles. The van der Waals surface area contributed by atoms with E-state index in [4.69, 9.17) is 0 Å². The fourth-order valence-corrected chi connectivity index (χ4v) is 5.35. The maximum atomic E-state index is 13.5. The molecule has 0 fully saturated rings. The lowest BCUT2D eigenvalue weighted by atomic mass is 10.2. The zero-order chi connectivity index (χ0) is 24.9. The van der Waals surface area contributed by atoms with Crippen LogP contribution in [0.1, 0.15) is 0 Å². The highest BCUT2D eigenvalue weighted by molar-refractivity contribution is 8.00. The quantitative estimate of drug-likeness (QED) is 0.201. The standard InChI is InChI=1S/C28H20FN3O2S2/c29-19-14-16-20(17-15-19)32-27(34)22-10-4-5-11-23(22)31-28(32)35-18-26(33)30-24-12-6-7-13-25(24)36-21-8-2-1-3-9-21/h1-17H,18H2,(H,30,33). The average Bonchev–Trinajstić information content (AvgIpc) is 2.90. The normalized spacial score (nSPS) is 10.9. The summed E-state index contributed by atoms with van der Waals surface area (Å²) in [5.41, 5.74) is 1.44. The van der Waals surface area contributed by atoms with E-state index in [1.807, 2.05) is 54.6 Å². The number of anilines is 1. The minimum Gasteiger partial charge on any atom is -0.324 e. The summed E-state index contributed by atoms with van der Waals surface area (Å²) in [6.45, 7) is 0. The van der Waals surface area contributed by atoms with Crippen LogP contribution < -0.4 is 10.9 Å². The molecule has 0 spiro atoms. The third-order valence-electron chi connectivity index (χ3n) is 5.29. The molecule has 0 unspecified atom stereocenters. The molecule has 0 atom stereocenters. The van der Waals surface area contributed by atoms with Gasteiger partial charge in [0.05, 0.1) is 28.0 Å². The van der Waals surface area contributed by atoms with E-state index in [2.05, 4.69) is 10.3 Å². The van der Waals surface area contributed by atoms with Gasteiger partial charge in [-0.15, -0.1) is 0 Å². The van der Waals surface area contributed by atoms with Crippen LogP contribution in [-0.4, -0.2) is 21.2 Å². The first-order valence-electron chi connectivity index (χ1n) is 11.1. The van der Waals surface area contributed by atoms with Crippen molar-refractivity contribution in [3.8, 4) is 5.69 Å². The topological polar surface area (TPSA) is 64.0 Å². The first kappa shape index (κ1) is 23.8. The molecule has 4 aromatic carbocycles. The van der Waals surface area contributed by atoms with Gasteiger partial charge in [-0.2, -0.15) is 0 Å². The zero-order valence-electron chi connectivity index (χ0n) is 18.9. The number of nitrogens with zero attached hydrogens (tertiary/aromatic N) is 2. The molecule has 5 rings (SSSR count). The minimum atomic E-state index is -0.402. The minimum absolute atomic E-state index is 0.0380. The maximum Gasteiger partial charge on any atom is 0.266 e. The smallest absolute Gasteiger partial charge is 0.266 e. The molecule has 0 aliphatic rings. The molecule has 0 saturated carbocycles. The highest BCUT2D eigenvalue weighted by Gasteiger charge is 2.16. The number of nitrogens with one attached hydrogen (secondary N) is 1. The van der Waals surface area contributed by atoms with Crippen LogP contribution in [-0.2, 0) is 4.79 Å². The second-order valence-electron chi connectivity index (χ2n) is 7.78. The Hall–Kier alpha value is -3.88. The summed E-state index contributed by atoms with van der Waals surface area (Å²) in [6.07, 6.45) is 0. The molecular weight excluding hydrogens is 493 g/mol. The van der Waals surface area contributed by atoms with Crippen molar-refractivity contribution in [1.29, 1.82) is 0 Å². The number of hydrogen-bond donors (Lipinski definition) is 1. The van der Waals surface area contributed by atoms with E-state index in [1.54, 1.807) is 36.0 Å². The second kappa shape index (κ2) is 10.8. The highest BCUT2D eigenvalue weighted by atomic mass is 32.2. The average molecular weight is 514 g/mol. The van der Waals surface area contributed by atoms with Gasteiger partial charge in [0.1, 0.15) is 5.82 Å². The van der Waals surface area contributed by atoms with Gasteiger partial charge in [0, 0.05) is 9.79 Å². The number of carbonyl (C=O) groups excluding carboxylic acids is 1. The van der Waals surface area contributed by atoms with Crippen LogP contribution in [0.25, 0.3) is 16.6 Å². The number of amides is 1. The molecule has 1 N–H and O–H groups in total. The maximum absolute atomic E-state index is 13.5. The van der Waals surface area contributed by atoms with E-state index < -0.39 is 5.82 Å². The van der Waals surface area contributed by atoms with Gasteiger partial charge in [-0.05, 0) is 60.7 Å². The van der Waals surface area contributed by atoms with Crippen LogP contribution in [0.4, 0.5) is 10.1 Å². The number of para-hydroxylation sites is 2. The number of aromatic nitrogens is 2. The van der Waals surface area contributed by atoms with Crippen molar-refractivity contribution < 1.29 is 9.18 Å². The summed E-state index contributed by atoms with van der Waals surface area (Å²) >= 11 is 2.72. The third-order valence-corrected chi connectivity index (χ3v) is 7.32. The molecule has 1 aromatic heterocycles. The van der Waals surface area contributed by atoms with E-state index in [1.165, 1.54) is 28.8 Å². The van der Waals surface area contributed by atoms with Gasteiger partial charge < -0.3 is 5.32 Å². The largest absolute Gasteiger partial charge is 0.324 e. The Morgan fingerprint density at radius 3 is 2.36 bits per heavy atom. The Bertz CT molecular complexity index is 1590. The van der Waals surface area contributed by atoms with Crippen molar-refractivity contribution in [2.75, 3.05) is 11.1 Å². The van der Waals surface area contributed by atoms with Crippen molar-refractivity contribution in [2.45, 2.75) is 14.9 Å².